The van der Waals surface area contributed by atoms with Crippen LogP contribution < -0.4 is 15.5 Å². The Bertz CT molecular complexity index is 637. The number of benzene rings is 1. The third-order valence-corrected chi connectivity index (χ3v) is 4.51. The Balaban J connectivity index is 1.85. The summed E-state index contributed by atoms with van der Waals surface area (Å²) in [5, 5.41) is 6.01. The number of anilines is 2. The SMILES string of the molecule is CCCC(=O)NC(=S)Nc1ccc(N2CCN(C(=O)C(C)C)CC2)cc1. The molecule has 7 heteroatoms. The van der Waals surface area contributed by atoms with Gasteiger partial charge in [0.25, 0.3) is 0 Å². The van der Waals surface area contributed by atoms with E-state index in [-0.39, 0.29) is 17.7 Å². The van der Waals surface area contributed by atoms with Crippen LogP contribution in [0, 0.1) is 5.92 Å². The summed E-state index contributed by atoms with van der Waals surface area (Å²) >= 11 is 5.15. The summed E-state index contributed by atoms with van der Waals surface area (Å²) in [6.45, 7) is 9.00. The lowest BCUT2D eigenvalue weighted by Crippen LogP contribution is -2.49. The first kappa shape index (κ1) is 20.2. The van der Waals surface area contributed by atoms with Crippen LogP contribution in [-0.2, 0) is 9.59 Å². The van der Waals surface area contributed by atoms with Crippen LogP contribution in [0.1, 0.15) is 33.6 Å². The first-order valence-corrected chi connectivity index (χ1v) is 9.56. The fourth-order valence-corrected chi connectivity index (χ4v) is 3.12. The van der Waals surface area contributed by atoms with Crippen molar-refractivity contribution in [1.82, 2.24) is 10.2 Å². The number of rotatable bonds is 5. The fourth-order valence-electron chi connectivity index (χ4n) is 2.88. The van der Waals surface area contributed by atoms with Crippen molar-refractivity contribution in [3.8, 4) is 0 Å². The van der Waals surface area contributed by atoms with Crippen LogP contribution in [0.25, 0.3) is 0 Å². The van der Waals surface area contributed by atoms with Crippen LogP contribution in [0.2, 0.25) is 0 Å². The van der Waals surface area contributed by atoms with Crippen molar-refractivity contribution in [3.63, 3.8) is 0 Å². The second-order valence-corrected chi connectivity index (χ2v) is 7.17. The molecule has 1 aliphatic rings. The van der Waals surface area contributed by atoms with Gasteiger partial charge in [-0.05, 0) is 42.9 Å². The molecule has 0 unspecified atom stereocenters. The molecule has 1 aromatic carbocycles. The average molecular weight is 377 g/mol. The van der Waals surface area contributed by atoms with E-state index in [2.05, 4.69) is 15.5 Å². The molecule has 0 bridgehead atoms. The van der Waals surface area contributed by atoms with Crippen LogP contribution >= 0.6 is 12.2 Å². The fraction of sp³-hybridized carbons (Fsp3) is 0.526. The average Bonchev–Trinajstić information content (AvgIpc) is 2.62. The van der Waals surface area contributed by atoms with Crippen molar-refractivity contribution in [2.75, 3.05) is 36.4 Å². The molecule has 2 amide bonds. The number of thiocarbonyl (C=S) groups is 1. The van der Waals surface area contributed by atoms with Crippen molar-refractivity contribution in [3.05, 3.63) is 24.3 Å². The normalized spacial score (nSPS) is 14.3. The molecule has 1 saturated heterocycles. The molecule has 1 heterocycles. The topological polar surface area (TPSA) is 64.7 Å². The van der Waals surface area contributed by atoms with E-state index in [1.54, 1.807) is 0 Å². The Morgan fingerprint density at radius 2 is 1.73 bits per heavy atom. The predicted octanol–water partition coefficient (Wildman–Crippen LogP) is 2.60. The van der Waals surface area contributed by atoms with Gasteiger partial charge in [0.1, 0.15) is 0 Å². The van der Waals surface area contributed by atoms with Crippen molar-refractivity contribution in [1.29, 1.82) is 0 Å². The maximum absolute atomic E-state index is 12.1. The van der Waals surface area contributed by atoms with Crippen LogP contribution in [0.5, 0.6) is 0 Å². The number of nitrogens with zero attached hydrogens (tertiary/aromatic N) is 2. The highest BCUT2D eigenvalue weighted by Gasteiger charge is 2.22. The zero-order valence-electron chi connectivity index (χ0n) is 15.7. The van der Waals surface area contributed by atoms with Gasteiger partial charge in [-0.25, -0.2) is 0 Å². The number of hydrogen-bond donors (Lipinski definition) is 2. The molecule has 142 valence electrons. The minimum atomic E-state index is -0.0737. The molecule has 0 atom stereocenters. The number of nitrogens with one attached hydrogen (secondary N) is 2. The van der Waals surface area contributed by atoms with E-state index in [1.807, 2.05) is 49.9 Å². The highest BCUT2D eigenvalue weighted by molar-refractivity contribution is 7.80. The minimum Gasteiger partial charge on any atom is -0.368 e. The second kappa shape index (κ2) is 9.52. The predicted molar refractivity (Wildman–Crippen MR) is 109 cm³/mol. The van der Waals surface area contributed by atoms with Gasteiger partial charge >= 0.3 is 0 Å². The largest absolute Gasteiger partial charge is 0.368 e. The zero-order chi connectivity index (χ0) is 19.1. The number of amides is 2. The van der Waals surface area contributed by atoms with Gasteiger partial charge in [-0.3, -0.25) is 9.59 Å². The lowest BCUT2D eigenvalue weighted by atomic mass is 10.1. The smallest absolute Gasteiger partial charge is 0.226 e. The summed E-state index contributed by atoms with van der Waals surface area (Å²) in [4.78, 5) is 27.8. The van der Waals surface area contributed by atoms with Gasteiger partial charge in [-0.2, -0.15) is 0 Å². The molecule has 2 rings (SSSR count). The molecular formula is C19H28N4O2S. The Hall–Kier alpha value is -2.15. The summed E-state index contributed by atoms with van der Waals surface area (Å²) in [6, 6.07) is 7.94. The summed E-state index contributed by atoms with van der Waals surface area (Å²) < 4.78 is 0. The zero-order valence-corrected chi connectivity index (χ0v) is 16.6. The summed E-state index contributed by atoms with van der Waals surface area (Å²) in [7, 11) is 0. The van der Waals surface area contributed by atoms with Crippen LogP contribution in [0.3, 0.4) is 0 Å². The highest BCUT2D eigenvalue weighted by Crippen LogP contribution is 2.20. The van der Waals surface area contributed by atoms with Crippen LogP contribution in [0.15, 0.2) is 24.3 Å². The Kier molecular flexibility index (Phi) is 7.38. The van der Waals surface area contributed by atoms with E-state index >= 15 is 0 Å². The maximum atomic E-state index is 12.1. The standard InChI is InChI=1S/C19H28N4O2S/c1-4-5-17(24)21-19(26)20-15-6-8-16(9-7-15)22-10-12-23(13-11-22)18(25)14(2)3/h6-9,14H,4-5,10-13H2,1-3H3,(H2,20,21,24,26). The maximum Gasteiger partial charge on any atom is 0.226 e. The van der Waals surface area contributed by atoms with Crippen molar-refractivity contribution < 1.29 is 9.59 Å². The van der Waals surface area contributed by atoms with Gasteiger partial charge in [0.05, 0.1) is 0 Å². The van der Waals surface area contributed by atoms with E-state index < -0.39 is 0 Å². The molecule has 26 heavy (non-hydrogen) atoms. The van der Waals surface area contributed by atoms with Gasteiger partial charge in [-0.15, -0.1) is 0 Å². The molecule has 1 aromatic rings. The lowest BCUT2D eigenvalue weighted by molar-refractivity contribution is -0.134. The van der Waals surface area contributed by atoms with Crippen LogP contribution in [-0.4, -0.2) is 48.0 Å². The first-order valence-electron chi connectivity index (χ1n) is 9.15. The minimum absolute atomic E-state index is 0.0496. The van der Waals surface area contributed by atoms with Crippen molar-refractivity contribution in [2.45, 2.75) is 33.6 Å². The highest BCUT2D eigenvalue weighted by atomic mass is 32.1. The second-order valence-electron chi connectivity index (χ2n) is 6.77. The van der Waals surface area contributed by atoms with E-state index in [4.69, 9.17) is 12.2 Å². The number of hydrogen-bond acceptors (Lipinski definition) is 4. The van der Waals surface area contributed by atoms with Crippen molar-refractivity contribution in [2.24, 2.45) is 5.92 Å². The molecule has 0 saturated carbocycles. The Labute approximate surface area is 160 Å². The van der Waals surface area contributed by atoms with Crippen molar-refractivity contribution >= 4 is 40.5 Å². The van der Waals surface area contributed by atoms with E-state index in [1.165, 1.54) is 0 Å². The molecule has 6 nitrogen and oxygen atoms in total. The molecule has 0 aromatic heterocycles. The molecule has 1 aliphatic heterocycles. The Morgan fingerprint density at radius 3 is 2.27 bits per heavy atom. The molecular weight excluding hydrogens is 348 g/mol. The first-order chi connectivity index (χ1) is 12.4. The lowest BCUT2D eigenvalue weighted by Gasteiger charge is -2.37. The molecule has 0 radical (unpaired) electrons. The van der Waals surface area contributed by atoms with Crippen LogP contribution in [0.4, 0.5) is 11.4 Å². The summed E-state index contributed by atoms with van der Waals surface area (Å²) in [5.74, 6) is 0.201. The molecule has 0 spiro atoms. The number of carbonyl (C=O) groups is 2. The van der Waals surface area contributed by atoms with Gasteiger partial charge in [-0.1, -0.05) is 20.8 Å². The monoisotopic (exact) mass is 376 g/mol. The van der Waals surface area contributed by atoms with E-state index in [0.717, 1.165) is 44.0 Å². The summed E-state index contributed by atoms with van der Waals surface area (Å²) in [5.41, 5.74) is 1.96. The quantitative estimate of drug-likeness (QED) is 0.774. The molecule has 0 aliphatic carbocycles. The number of piperazine rings is 1. The van der Waals surface area contributed by atoms with Gasteiger partial charge < -0.3 is 20.4 Å². The molecule has 2 N–H and O–H groups in total. The third kappa shape index (κ3) is 5.69. The van der Waals surface area contributed by atoms with E-state index in [9.17, 15) is 9.59 Å². The molecule has 1 fully saturated rings. The van der Waals surface area contributed by atoms with Gasteiger partial charge in [0.15, 0.2) is 5.11 Å². The summed E-state index contributed by atoms with van der Waals surface area (Å²) in [6.07, 6.45) is 1.26. The third-order valence-electron chi connectivity index (χ3n) is 4.31. The van der Waals surface area contributed by atoms with Gasteiger partial charge in [0, 0.05) is 49.9 Å². The van der Waals surface area contributed by atoms with Gasteiger partial charge in [0.2, 0.25) is 11.8 Å². The Morgan fingerprint density at radius 1 is 1.12 bits per heavy atom. The number of carbonyl (C=O) groups excluding carboxylic acids is 2. The van der Waals surface area contributed by atoms with E-state index in [0.29, 0.717) is 11.5 Å².